The van der Waals surface area contributed by atoms with Crippen LogP contribution >= 0.6 is 11.8 Å². The number of alkyl halides is 1. The SMILES string of the molecule is CC(C)(F)C(=O)O.Cc1ccnc(C2CCC2)c1CSc1nc2c(c(=O)[nH]1)CCC2. The van der Waals surface area contributed by atoms with E-state index in [9.17, 15) is 14.0 Å². The fraction of sp³-hybridized carbons (Fsp3) is 0.545. The number of rotatable bonds is 5. The van der Waals surface area contributed by atoms with Crippen molar-refractivity contribution >= 4 is 17.7 Å². The van der Waals surface area contributed by atoms with Gasteiger partial charge >= 0.3 is 5.97 Å². The van der Waals surface area contributed by atoms with Gasteiger partial charge in [0.1, 0.15) is 0 Å². The van der Waals surface area contributed by atoms with Gasteiger partial charge in [0.15, 0.2) is 5.16 Å². The van der Waals surface area contributed by atoms with Crippen molar-refractivity contribution in [2.24, 2.45) is 0 Å². The van der Waals surface area contributed by atoms with Crippen LogP contribution in [0.2, 0.25) is 0 Å². The number of aryl methyl sites for hydroxylation is 2. The second kappa shape index (κ2) is 9.29. The monoisotopic (exact) mass is 433 g/mol. The minimum atomic E-state index is -2.08. The molecule has 0 aromatic carbocycles. The fourth-order valence-electron chi connectivity index (χ4n) is 3.46. The third-order valence-corrected chi connectivity index (χ3v) is 6.50. The molecule has 0 unspecified atom stereocenters. The Morgan fingerprint density at radius 3 is 2.63 bits per heavy atom. The summed E-state index contributed by atoms with van der Waals surface area (Å²) in [5.41, 5.74) is 3.73. The van der Waals surface area contributed by atoms with Gasteiger partial charge in [-0.05, 0) is 70.1 Å². The first-order valence-electron chi connectivity index (χ1n) is 10.3. The molecule has 2 aromatic heterocycles. The fourth-order valence-corrected chi connectivity index (χ4v) is 4.46. The molecule has 2 N–H and O–H groups in total. The molecule has 0 amide bonds. The van der Waals surface area contributed by atoms with Crippen molar-refractivity contribution in [3.63, 3.8) is 0 Å². The van der Waals surface area contributed by atoms with Crippen LogP contribution in [0.5, 0.6) is 0 Å². The number of carbonyl (C=O) groups is 1. The topological polar surface area (TPSA) is 95.9 Å². The number of carboxylic acid groups (broad SMARTS) is 1. The largest absolute Gasteiger partial charge is 0.479 e. The summed E-state index contributed by atoms with van der Waals surface area (Å²) in [4.78, 5) is 34.0. The normalized spacial score (nSPS) is 15.7. The minimum Gasteiger partial charge on any atom is -0.479 e. The van der Waals surface area contributed by atoms with E-state index in [2.05, 4.69) is 27.9 Å². The lowest BCUT2D eigenvalue weighted by molar-refractivity contribution is -0.148. The van der Waals surface area contributed by atoms with Crippen LogP contribution in [0.15, 0.2) is 22.2 Å². The van der Waals surface area contributed by atoms with Gasteiger partial charge in [-0.25, -0.2) is 14.2 Å². The number of halogens is 1. The molecule has 6 nitrogen and oxygen atoms in total. The number of hydrogen-bond donors (Lipinski definition) is 2. The lowest BCUT2D eigenvalue weighted by Crippen LogP contribution is -2.24. The van der Waals surface area contributed by atoms with Crippen molar-refractivity contribution in [3.8, 4) is 0 Å². The number of aliphatic carboxylic acids is 1. The molecular formula is C22H28FN3O3S. The predicted octanol–water partition coefficient (Wildman–Crippen LogP) is 4.34. The lowest BCUT2D eigenvalue weighted by atomic mass is 9.80. The summed E-state index contributed by atoms with van der Waals surface area (Å²) >= 11 is 1.63. The van der Waals surface area contributed by atoms with Gasteiger partial charge in [0, 0.05) is 29.1 Å². The summed E-state index contributed by atoms with van der Waals surface area (Å²) in [6.07, 6.45) is 8.60. The molecule has 30 heavy (non-hydrogen) atoms. The molecule has 1 saturated carbocycles. The predicted molar refractivity (Wildman–Crippen MR) is 115 cm³/mol. The first kappa shape index (κ1) is 22.5. The Labute approximate surface area is 179 Å². The van der Waals surface area contributed by atoms with Gasteiger partial charge in [-0.2, -0.15) is 0 Å². The van der Waals surface area contributed by atoms with E-state index in [1.165, 1.54) is 36.1 Å². The molecule has 1 fully saturated rings. The highest BCUT2D eigenvalue weighted by atomic mass is 32.2. The summed E-state index contributed by atoms with van der Waals surface area (Å²) in [7, 11) is 0. The van der Waals surface area contributed by atoms with Crippen molar-refractivity contribution in [2.75, 3.05) is 0 Å². The van der Waals surface area contributed by atoms with Crippen molar-refractivity contribution < 1.29 is 14.3 Å². The number of aromatic amines is 1. The number of hydrogen-bond acceptors (Lipinski definition) is 5. The Bertz CT molecular complexity index is 981. The third-order valence-electron chi connectivity index (χ3n) is 5.60. The summed E-state index contributed by atoms with van der Waals surface area (Å²) in [6.45, 7) is 4.14. The number of H-pyrrole nitrogens is 1. The van der Waals surface area contributed by atoms with E-state index >= 15 is 0 Å². The molecule has 0 atom stereocenters. The smallest absolute Gasteiger partial charge is 0.340 e. The van der Waals surface area contributed by atoms with Crippen molar-refractivity contribution in [1.82, 2.24) is 15.0 Å². The number of nitrogens with zero attached hydrogens (tertiary/aromatic N) is 2. The zero-order chi connectivity index (χ0) is 21.9. The van der Waals surface area contributed by atoms with Crippen molar-refractivity contribution in [3.05, 3.63) is 50.7 Å². The first-order valence-corrected chi connectivity index (χ1v) is 11.3. The van der Waals surface area contributed by atoms with E-state index in [4.69, 9.17) is 5.11 Å². The van der Waals surface area contributed by atoms with Crippen LogP contribution in [0.25, 0.3) is 0 Å². The Morgan fingerprint density at radius 2 is 2.03 bits per heavy atom. The molecule has 8 heteroatoms. The maximum Gasteiger partial charge on any atom is 0.340 e. The highest BCUT2D eigenvalue weighted by Crippen LogP contribution is 2.38. The van der Waals surface area contributed by atoms with Crippen LogP contribution in [0, 0.1) is 6.92 Å². The Hall–Kier alpha value is -2.22. The molecule has 2 aliphatic rings. The van der Waals surface area contributed by atoms with E-state index in [1.807, 2.05) is 6.20 Å². The lowest BCUT2D eigenvalue weighted by Gasteiger charge is -2.27. The second-order valence-electron chi connectivity index (χ2n) is 8.34. The summed E-state index contributed by atoms with van der Waals surface area (Å²) in [5.74, 6) is 0.0257. The molecule has 0 bridgehead atoms. The maximum absolute atomic E-state index is 12.1. The highest BCUT2D eigenvalue weighted by molar-refractivity contribution is 7.98. The standard InChI is InChI=1S/C18H21N3OS.C4H7FO2/c1-11-8-9-19-16(12-4-2-5-12)14(11)10-23-18-20-15-7-3-6-13(15)17(22)21-18;1-4(2,5)3(6)7/h8-9,12H,2-7,10H2,1H3,(H,20,21,22);1-2H3,(H,6,7). The molecule has 2 heterocycles. The Balaban J connectivity index is 0.000000318. The van der Waals surface area contributed by atoms with E-state index in [0.717, 1.165) is 55.3 Å². The molecule has 0 radical (unpaired) electrons. The first-order chi connectivity index (χ1) is 14.2. The zero-order valence-corrected chi connectivity index (χ0v) is 18.4. The van der Waals surface area contributed by atoms with Gasteiger partial charge < -0.3 is 10.1 Å². The molecule has 2 aromatic rings. The van der Waals surface area contributed by atoms with Crippen molar-refractivity contribution in [1.29, 1.82) is 0 Å². The maximum atomic E-state index is 12.1. The molecule has 162 valence electrons. The number of fused-ring (bicyclic) bond motifs is 1. The van der Waals surface area contributed by atoms with E-state index in [0.29, 0.717) is 5.92 Å². The summed E-state index contributed by atoms with van der Waals surface area (Å²) in [6, 6.07) is 2.08. The number of carboxylic acids is 1. The zero-order valence-electron chi connectivity index (χ0n) is 17.6. The van der Waals surface area contributed by atoms with Crippen LogP contribution in [0.1, 0.15) is 73.5 Å². The van der Waals surface area contributed by atoms with Crippen molar-refractivity contribution in [2.45, 2.75) is 81.8 Å². The number of thioether (sulfide) groups is 1. The molecule has 4 rings (SSSR count). The minimum absolute atomic E-state index is 0.0529. The number of nitrogens with one attached hydrogen (secondary N) is 1. The number of aromatic nitrogens is 3. The van der Waals surface area contributed by atoms with Crippen LogP contribution in [0.4, 0.5) is 4.39 Å². The van der Waals surface area contributed by atoms with E-state index in [-0.39, 0.29) is 5.56 Å². The van der Waals surface area contributed by atoms with Crippen LogP contribution in [0.3, 0.4) is 0 Å². The molecule has 0 aliphatic heterocycles. The third kappa shape index (κ3) is 5.28. The molecular weight excluding hydrogens is 405 g/mol. The van der Waals surface area contributed by atoms with Gasteiger partial charge in [-0.1, -0.05) is 18.2 Å². The molecule has 0 saturated heterocycles. The summed E-state index contributed by atoms with van der Waals surface area (Å²) < 4.78 is 11.9. The van der Waals surface area contributed by atoms with Crippen LogP contribution in [-0.2, 0) is 23.4 Å². The summed E-state index contributed by atoms with van der Waals surface area (Å²) in [5, 5.41) is 8.62. The quantitative estimate of drug-likeness (QED) is 0.538. The molecule has 2 aliphatic carbocycles. The highest BCUT2D eigenvalue weighted by Gasteiger charge is 2.25. The number of pyridine rings is 1. The van der Waals surface area contributed by atoms with Gasteiger partial charge in [-0.15, -0.1) is 0 Å². The van der Waals surface area contributed by atoms with Gasteiger partial charge in [0.2, 0.25) is 5.67 Å². The second-order valence-corrected chi connectivity index (χ2v) is 9.30. The van der Waals surface area contributed by atoms with E-state index < -0.39 is 11.6 Å². The average molecular weight is 434 g/mol. The average Bonchev–Trinajstić information content (AvgIpc) is 3.09. The van der Waals surface area contributed by atoms with Crippen LogP contribution < -0.4 is 5.56 Å². The van der Waals surface area contributed by atoms with Gasteiger partial charge in [-0.3, -0.25) is 9.78 Å². The van der Waals surface area contributed by atoms with Gasteiger partial charge in [0.25, 0.3) is 5.56 Å². The Kier molecular flexibility index (Phi) is 6.95. The molecule has 0 spiro atoms. The Morgan fingerprint density at radius 1 is 1.33 bits per heavy atom. The van der Waals surface area contributed by atoms with Crippen LogP contribution in [-0.4, -0.2) is 31.7 Å². The van der Waals surface area contributed by atoms with E-state index in [1.54, 1.807) is 11.8 Å². The van der Waals surface area contributed by atoms with Gasteiger partial charge in [0.05, 0.1) is 5.69 Å².